The van der Waals surface area contributed by atoms with Crippen molar-refractivity contribution in [3.05, 3.63) is 22.7 Å². The Kier molecular flexibility index (Phi) is 4.08. The normalized spacial score (nSPS) is 16.6. The Morgan fingerprint density at radius 1 is 1.42 bits per heavy atom. The molecule has 0 amide bonds. The van der Waals surface area contributed by atoms with Gasteiger partial charge in [0.25, 0.3) is 0 Å². The SMILES string of the molecule is Cc1cc(Cl)c(S(=O)(=O)N(C)CC2CCC2)cc1N. The minimum absolute atomic E-state index is 0.0964. The number of hydrogen-bond acceptors (Lipinski definition) is 3. The fourth-order valence-corrected chi connectivity index (χ4v) is 4.01. The number of hydrogen-bond donors (Lipinski definition) is 1. The largest absolute Gasteiger partial charge is 0.398 e. The highest BCUT2D eigenvalue weighted by atomic mass is 35.5. The molecule has 1 aliphatic carbocycles. The number of aryl methyl sites for hydroxylation is 1. The van der Waals surface area contributed by atoms with Gasteiger partial charge in [-0.3, -0.25) is 0 Å². The molecule has 0 heterocycles. The van der Waals surface area contributed by atoms with Gasteiger partial charge in [0.05, 0.1) is 5.02 Å². The highest BCUT2D eigenvalue weighted by Crippen LogP contribution is 2.31. The Morgan fingerprint density at radius 3 is 2.58 bits per heavy atom. The van der Waals surface area contributed by atoms with E-state index in [1.807, 2.05) is 0 Å². The van der Waals surface area contributed by atoms with Crippen LogP contribution in [0.2, 0.25) is 5.02 Å². The number of anilines is 1. The zero-order chi connectivity index (χ0) is 14.2. The number of halogens is 1. The van der Waals surface area contributed by atoms with Gasteiger partial charge < -0.3 is 5.73 Å². The van der Waals surface area contributed by atoms with E-state index in [9.17, 15) is 8.42 Å². The lowest BCUT2D eigenvalue weighted by molar-refractivity contribution is 0.263. The van der Waals surface area contributed by atoms with Crippen molar-refractivity contribution in [3.8, 4) is 0 Å². The molecular formula is C13H19ClN2O2S. The van der Waals surface area contributed by atoms with Crippen molar-refractivity contribution < 1.29 is 8.42 Å². The molecule has 2 rings (SSSR count). The fourth-order valence-electron chi connectivity index (χ4n) is 2.17. The van der Waals surface area contributed by atoms with Gasteiger partial charge >= 0.3 is 0 Å². The average Bonchev–Trinajstić information content (AvgIpc) is 2.27. The van der Waals surface area contributed by atoms with Crippen LogP contribution in [0.1, 0.15) is 24.8 Å². The molecule has 0 atom stereocenters. The second-order valence-electron chi connectivity index (χ2n) is 5.22. The molecule has 0 saturated heterocycles. The lowest BCUT2D eigenvalue weighted by Gasteiger charge is -2.29. The lowest BCUT2D eigenvalue weighted by Crippen LogP contribution is -2.34. The minimum Gasteiger partial charge on any atom is -0.398 e. The summed E-state index contributed by atoms with van der Waals surface area (Å²) in [5.74, 6) is 0.473. The van der Waals surface area contributed by atoms with Crippen molar-refractivity contribution in [2.45, 2.75) is 31.1 Å². The molecule has 0 radical (unpaired) electrons. The number of nitrogens with two attached hydrogens (primary N) is 1. The van der Waals surface area contributed by atoms with Crippen LogP contribution >= 0.6 is 11.6 Å². The van der Waals surface area contributed by atoms with E-state index in [2.05, 4.69) is 0 Å². The standard InChI is InChI=1S/C13H19ClN2O2S/c1-9-6-11(14)13(7-12(9)15)19(17,18)16(2)8-10-4-3-5-10/h6-7,10H,3-5,8,15H2,1-2H3. The van der Waals surface area contributed by atoms with Crippen LogP contribution in [0.3, 0.4) is 0 Å². The van der Waals surface area contributed by atoms with Gasteiger partial charge in [-0.15, -0.1) is 0 Å². The summed E-state index contributed by atoms with van der Waals surface area (Å²) < 4.78 is 26.3. The van der Waals surface area contributed by atoms with Gasteiger partial charge in [0.2, 0.25) is 10.0 Å². The molecule has 1 aromatic carbocycles. The lowest BCUT2D eigenvalue weighted by atomic mass is 9.86. The molecule has 0 unspecified atom stereocenters. The molecule has 6 heteroatoms. The molecule has 4 nitrogen and oxygen atoms in total. The Bertz CT molecular complexity index is 583. The Morgan fingerprint density at radius 2 is 2.05 bits per heavy atom. The first-order valence-corrected chi connectivity index (χ1v) is 8.16. The second kappa shape index (κ2) is 5.31. The van der Waals surface area contributed by atoms with Crippen LogP contribution in [0.25, 0.3) is 0 Å². The quantitative estimate of drug-likeness (QED) is 0.870. The van der Waals surface area contributed by atoms with Crippen LogP contribution in [0.15, 0.2) is 17.0 Å². The van der Waals surface area contributed by atoms with E-state index in [0.717, 1.165) is 18.4 Å². The molecule has 0 aromatic heterocycles. The second-order valence-corrected chi connectivity index (χ2v) is 7.64. The fraction of sp³-hybridized carbons (Fsp3) is 0.538. The molecule has 1 aliphatic rings. The highest BCUT2D eigenvalue weighted by molar-refractivity contribution is 7.89. The van der Waals surface area contributed by atoms with Crippen molar-refractivity contribution in [1.82, 2.24) is 4.31 Å². The Balaban J connectivity index is 2.30. The van der Waals surface area contributed by atoms with Crippen LogP contribution < -0.4 is 5.73 Å². The van der Waals surface area contributed by atoms with Gasteiger partial charge in [0, 0.05) is 19.3 Å². The molecular weight excluding hydrogens is 284 g/mol. The summed E-state index contributed by atoms with van der Waals surface area (Å²) in [6.07, 6.45) is 3.39. The van der Waals surface area contributed by atoms with E-state index in [1.54, 1.807) is 20.0 Å². The van der Waals surface area contributed by atoms with Gasteiger partial charge in [0.15, 0.2) is 0 Å². The zero-order valence-electron chi connectivity index (χ0n) is 11.2. The molecule has 1 saturated carbocycles. The molecule has 0 aliphatic heterocycles. The predicted molar refractivity (Wildman–Crippen MR) is 77.8 cm³/mol. The first-order chi connectivity index (χ1) is 8.82. The summed E-state index contributed by atoms with van der Waals surface area (Å²) in [5.41, 5.74) is 7.01. The van der Waals surface area contributed by atoms with Crippen LogP contribution in [0.4, 0.5) is 5.69 Å². The minimum atomic E-state index is -3.56. The first kappa shape index (κ1) is 14.6. The van der Waals surface area contributed by atoms with Crippen molar-refractivity contribution in [3.63, 3.8) is 0 Å². The van der Waals surface area contributed by atoms with Gasteiger partial charge in [-0.2, -0.15) is 0 Å². The Labute approximate surface area is 119 Å². The highest BCUT2D eigenvalue weighted by Gasteiger charge is 2.28. The molecule has 0 bridgehead atoms. The van der Waals surface area contributed by atoms with Crippen LogP contribution in [0.5, 0.6) is 0 Å². The molecule has 1 aromatic rings. The van der Waals surface area contributed by atoms with E-state index in [1.165, 1.54) is 16.8 Å². The maximum Gasteiger partial charge on any atom is 0.244 e. The summed E-state index contributed by atoms with van der Waals surface area (Å²) in [7, 11) is -1.96. The van der Waals surface area contributed by atoms with Gasteiger partial charge in [-0.05, 0) is 43.4 Å². The molecule has 2 N–H and O–H groups in total. The van der Waals surface area contributed by atoms with E-state index in [-0.39, 0.29) is 9.92 Å². The average molecular weight is 303 g/mol. The number of nitrogens with zero attached hydrogens (tertiary/aromatic N) is 1. The van der Waals surface area contributed by atoms with Crippen molar-refractivity contribution in [1.29, 1.82) is 0 Å². The molecule has 1 fully saturated rings. The van der Waals surface area contributed by atoms with Crippen molar-refractivity contribution in [2.24, 2.45) is 5.92 Å². The number of rotatable bonds is 4. The third-order valence-electron chi connectivity index (χ3n) is 3.75. The topological polar surface area (TPSA) is 63.4 Å². The monoisotopic (exact) mass is 302 g/mol. The van der Waals surface area contributed by atoms with Gasteiger partial charge in [-0.25, -0.2) is 12.7 Å². The summed E-state index contributed by atoms with van der Waals surface area (Å²) >= 11 is 6.05. The molecule has 0 spiro atoms. The Hall–Kier alpha value is -0.780. The maximum absolute atomic E-state index is 12.5. The smallest absolute Gasteiger partial charge is 0.244 e. The third-order valence-corrected chi connectivity index (χ3v) is 6.04. The maximum atomic E-state index is 12.5. The van der Waals surface area contributed by atoms with Crippen molar-refractivity contribution in [2.75, 3.05) is 19.3 Å². The molecule has 19 heavy (non-hydrogen) atoms. The zero-order valence-corrected chi connectivity index (χ0v) is 12.8. The van der Waals surface area contributed by atoms with Gasteiger partial charge in [0.1, 0.15) is 4.90 Å². The van der Waals surface area contributed by atoms with E-state index in [0.29, 0.717) is 18.2 Å². The number of sulfonamides is 1. The predicted octanol–water partition coefficient (Wildman–Crippen LogP) is 2.65. The van der Waals surface area contributed by atoms with E-state index >= 15 is 0 Å². The third kappa shape index (κ3) is 2.88. The summed E-state index contributed by atoms with van der Waals surface area (Å²) in [4.78, 5) is 0.0964. The van der Waals surface area contributed by atoms with Crippen molar-refractivity contribution >= 4 is 27.3 Å². The number of benzene rings is 1. The van der Waals surface area contributed by atoms with Crippen LogP contribution in [-0.4, -0.2) is 26.3 Å². The summed E-state index contributed by atoms with van der Waals surface area (Å²) in [5, 5.41) is 0.229. The van der Waals surface area contributed by atoms with E-state index in [4.69, 9.17) is 17.3 Å². The van der Waals surface area contributed by atoms with Crippen LogP contribution in [0, 0.1) is 12.8 Å². The van der Waals surface area contributed by atoms with Gasteiger partial charge in [-0.1, -0.05) is 18.0 Å². The summed E-state index contributed by atoms with van der Waals surface area (Å²) in [6, 6.07) is 3.05. The number of nitrogen functional groups attached to an aromatic ring is 1. The summed E-state index contributed by atoms with van der Waals surface area (Å²) in [6.45, 7) is 2.35. The first-order valence-electron chi connectivity index (χ1n) is 6.34. The molecule has 106 valence electrons. The van der Waals surface area contributed by atoms with E-state index < -0.39 is 10.0 Å². The van der Waals surface area contributed by atoms with Crippen LogP contribution in [-0.2, 0) is 10.0 Å².